The molecule has 1 aliphatic rings. The van der Waals surface area contributed by atoms with Crippen molar-refractivity contribution in [2.24, 2.45) is 5.92 Å². The van der Waals surface area contributed by atoms with Crippen LogP contribution < -0.4 is 5.32 Å². The van der Waals surface area contributed by atoms with Gasteiger partial charge in [-0.1, -0.05) is 12.1 Å². The molecule has 0 spiro atoms. The third-order valence-corrected chi connectivity index (χ3v) is 4.78. The molecule has 0 radical (unpaired) electrons. The first-order valence-corrected chi connectivity index (χ1v) is 8.94. The molecule has 1 aromatic carbocycles. The highest BCUT2D eigenvalue weighted by Gasteiger charge is 2.27. The number of hydrogen-bond acceptors (Lipinski definition) is 3. The Morgan fingerprint density at radius 2 is 1.88 bits per heavy atom. The standard InChI is InChI=1S/C20H23FN2O3/c21-17-6-3-15(4-7-17)5-8-19(24)23-11-9-16(10-12-23)20(25)22-14-18-2-1-13-26-18/h1-4,6-7,13,16H,5,8-12,14H2,(H,22,25). The van der Waals surface area contributed by atoms with Crippen molar-refractivity contribution >= 4 is 11.8 Å². The summed E-state index contributed by atoms with van der Waals surface area (Å²) in [7, 11) is 0. The quantitative estimate of drug-likeness (QED) is 0.864. The first-order valence-electron chi connectivity index (χ1n) is 8.94. The summed E-state index contributed by atoms with van der Waals surface area (Å²) in [6.45, 7) is 1.59. The van der Waals surface area contributed by atoms with Crippen molar-refractivity contribution in [2.75, 3.05) is 13.1 Å². The lowest BCUT2D eigenvalue weighted by Gasteiger charge is -2.31. The summed E-state index contributed by atoms with van der Waals surface area (Å²) in [4.78, 5) is 26.4. The maximum atomic E-state index is 12.9. The first kappa shape index (κ1) is 18.2. The molecule has 2 heterocycles. The van der Waals surface area contributed by atoms with E-state index in [2.05, 4.69) is 5.32 Å². The van der Waals surface area contributed by atoms with Crippen LogP contribution in [0.3, 0.4) is 0 Å². The zero-order valence-corrected chi connectivity index (χ0v) is 14.6. The van der Waals surface area contributed by atoms with Gasteiger partial charge in [-0.25, -0.2) is 4.39 Å². The van der Waals surface area contributed by atoms with Crippen LogP contribution in [0.1, 0.15) is 30.6 Å². The molecule has 5 nitrogen and oxygen atoms in total. The number of hydrogen-bond donors (Lipinski definition) is 1. The maximum absolute atomic E-state index is 12.9. The van der Waals surface area contributed by atoms with Gasteiger partial charge in [0.15, 0.2) is 0 Å². The fourth-order valence-corrected chi connectivity index (χ4v) is 3.18. The van der Waals surface area contributed by atoms with E-state index in [4.69, 9.17) is 4.42 Å². The number of furan rings is 1. The number of nitrogens with one attached hydrogen (secondary N) is 1. The normalized spacial score (nSPS) is 15.0. The molecule has 0 unspecified atom stereocenters. The average Bonchev–Trinajstić information content (AvgIpc) is 3.19. The molecule has 3 rings (SSSR count). The molecule has 138 valence electrons. The van der Waals surface area contributed by atoms with Crippen LogP contribution in [0.5, 0.6) is 0 Å². The Morgan fingerprint density at radius 3 is 2.54 bits per heavy atom. The summed E-state index contributed by atoms with van der Waals surface area (Å²) in [5.41, 5.74) is 0.951. The highest BCUT2D eigenvalue weighted by atomic mass is 19.1. The molecule has 0 atom stereocenters. The molecule has 1 saturated heterocycles. The van der Waals surface area contributed by atoms with E-state index in [9.17, 15) is 14.0 Å². The second kappa shape index (κ2) is 8.65. The number of nitrogens with zero attached hydrogens (tertiary/aromatic N) is 1. The number of aryl methyl sites for hydroxylation is 1. The molecule has 0 saturated carbocycles. The van der Waals surface area contributed by atoms with Gasteiger partial charge in [0.1, 0.15) is 11.6 Å². The summed E-state index contributed by atoms with van der Waals surface area (Å²) in [6, 6.07) is 9.84. The monoisotopic (exact) mass is 358 g/mol. The van der Waals surface area contributed by atoms with Crippen molar-refractivity contribution in [1.29, 1.82) is 0 Å². The Labute approximate surface area is 152 Å². The zero-order valence-electron chi connectivity index (χ0n) is 14.6. The maximum Gasteiger partial charge on any atom is 0.223 e. The third kappa shape index (κ3) is 4.94. The summed E-state index contributed by atoms with van der Waals surface area (Å²) < 4.78 is 18.1. The van der Waals surface area contributed by atoms with Gasteiger partial charge in [0.25, 0.3) is 0 Å². The van der Waals surface area contributed by atoms with Gasteiger partial charge in [0, 0.05) is 25.4 Å². The second-order valence-corrected chi connectivity index (χ2v) is 6.58. The Morgan fingerprint density at radius 1 is 1.15 bits per heavy atom. The Bertz CT molecular complexity index is 720. The van der Waals surface area contributed by atoms with Crippen LogP contribution in [-0.4, -0.2) is 29.8 Å². The minimum atomic E-state index is -0.271. The Hall–Kier alpha value is -2.63. The second-order valence-electron chi connectivity index (χ2n) is 6.58. The van der Waals surface area contributed by atoms with Gasteiger partial charge in [-0.2, -0.15) is 0 Å². The molecular weight excluding hydrogens is 335 g/mol. The molecule has 26 heavy (non-hydrogen) atoms. The number of halogens is 1. The van der Waals surface area contributed by atoms with Gasteiger partial charge in [0.2, 0.25) is 11.8 Å². The van der Waals surface area contributed by atoms with Crippen LogP contribution in [-0.2, 0) is 22.6 Å². The van der Waals surface area contributed by atoms with E-state index in [-0.39, 0.29) is 23.5 Å². The van der Waals surface area contributed by atoms with Crippen molar-refractivity contribution < 1.29 is 18.4 Å². The minimum absolute atomic E-state index is 0.0137. The van der Waals surface area contributed by atoms with Crippen LogP contribution in [0.2, 0.25) is 0 Å². The first-order chi connectivity index (χ1) is 12.6. The van der Waals surface area contributed by atoms with Crippen LogP contribution in [0.4, 0.5) is 4.39 Å². The average molecular weight is 358 g/mol. The molecule has 1 aliphatic heterocycles. The third-order valence-electron chi connectivity index (χ3n) is 4.78. The van der Waals surface area contributed by atoms with Gasteiger partial charge in [-0.05, 0) is 49.1 Å². The number of likely N-dealkylation sites (tertiary alicyclic amines) is 1. The topological polar surface area (TPSA) is 62.6 Å². The van der Waals surface area contributed by atoms with Crippen LogP contribution >= 0.6 is 0 Å². The molecule has 0 aliphatic carbocycles. The number of carbonyl (C=O) groups is 2. The number of amides is 2. The van der Waals surface area contributed by atoms with E-state index in [1.165, 1.54) is 12.1 Å². The molecule has 1 fully saturated rings. The van der Waals surface area contributed by atoms with Crippen molar-refractivity contribution in [3.05, 3.63) is 59.8 Å². The van der Waals surface area contributed by atoms with Crippen LogP contribution in [0.15, 0.2) is 47.1 Å². The summed E-state index contributed by atoms with van der Waals surface area (Å²) >= 11 is 0. The largest absolute Gasteiger partial charge is 0.467 e. The van der Waals surface area contributed by atoms with E-state index >= 15 is 0 Å². The van der Waals surface area contributed by atoms with Crippen molar-refractivity contribution in [3.8, 4) is 0 Å². The van der Waals surface area contributed by atoms with Gasteiger partial charge in [0.05, 0.1) is 12.8 Å². The lowest BCUT2D eigenvalue weighted by molar-refractivity contribution is -0.135. The van der Waals surface area contributed by atoms with Gasteiger partial charge >= 0.3 is 0 Å². The predicted molar refractivity (Wildman–Crippen MR) is 94.6 cm³/mol. The van der Waals surface area contributed by atoms with Gasteiger partial charge in [-0.3, -0.25) is 9.59 Å². The molecule has 2 aromatic rings. The molecule has 6 heteroatoms. The highest BCUT2D eigenvalue weighted by molar-refractivity contribution is 5.80. The van der Waals surface area contributed by atoms with Gasteiger partial charge < -0.3 is 14.6 Å². The van der Waals surface area contributed by atoms with E-state index < -0.39 is 0 Å². The molecule has 1 aromatic heterocycles. The van der Waals surface area contributed by atoms with Crippen LogP contribution in [0.25, 0.3) is 0 Å². The SMILES string of the molecule is O=C(NCc1ccco1)C1CCN(C(=O)CCc2ccc(F)cc2)CC1. The van der Waals surface area contributed by atoms with Crippen LogP contribution in [0, 0.1) is 11.7 Å². The van der Waals surface area contributed by atoms with Gasteiger partial charge in [-0.15, -0.1) is 0 Å². The lowest BCUT2D eigenvalue weighted by Crippen LogP contribution is -2.43. The number of benzene rings is 1. The molecule has 2 amide bonds. The number of rotatable bonds is 6. The fourth-order valence-electron chi connectivity index (χ4n) is 3.18. The molecular formula is C20H23FN2O3. The fraction of sp³-hybridized carbons (Fsp3) is 0.400. The number of piperidine rings is 1. The molecule has 1 N–H and O–H groups in total. The minimum Gasteiger partial charge on any atom is -0.467 e. The zero-order chi connectivity index (χ0) is 18.4. The smallest absolute Gasteiger partial charge is 0.223 e. The van der Waals surface area contributed by atoms with E-state index in [0.29, 0.717) is 45.3 Å². The summed E-state index contributed by atoms with van der Waals surface area (Å²) in [5, 5.41) is 2.88. The predicted octanol–water partition coefficient (Wildman–Crippen LogP) is 2.91. The summed E-state index contributed by atoms with van der Waals surface area (Å²) in [5.74, 6) is 0.494. The van der Waals surface area contributed by atoms with E-state index in [1.807, 2.05) is 11.0 Å². The number of carbonyl (C=O) groups excluding carboxylic acids is 2. The molecule has 0 bridgehead atoms. The van der Waals surface area contributed by atoms with E-state index in [1.54, 1.807) is 24.5 Å². The lowest BCUT2D eigenvalue weighted by atomic mass is 9.95. The Balaban J connectivity index is 1.39. The van der Waals surface area contributed by atoms with E-state index in [0.717, 1.165) is 11.3 Å². The van der Waals surface area contributed by atoms with Crippen molar-refractivity contribution in [3.63, 3.8) is 0 Å². The van der Waals surface area contributed by atoms with Crippen molar-refractivity contribution in [1.82, 2.24) is 10.2 Å². The summed E-state index contributed by atoms with van der Waals surface area (Å²) in [6.07, 6.45) is 3.93. The van der Waals surface area contributed by atoms with Crippen molar-refractivity contribution in [2.45, 2.75) is 32.2 Å². The highest BCUT2D eigenvalue weighted by Crippen LogP contribution is 2.19. The Kier molecular flexibility index (Phi) is 6.04.